The van der Waals surface area contributed by atoms with E-state index in [0.29, 0.717) is 12.0 Å². The van der Waals surface area contributed by atoms with E-state index in [4.69, 9.17) is 0 Å². The SMILES string of the molecule is CCC1CCC(CNC(C)C)C(c2c(Br)cnn2CC)C1. The number of rotatable bonds is 6. The van der Waals surface area contributed by atoms with Crippen molar-refractivity contribution >= 4 is 15.9 Å². The highest BCUT2D eigenvalue weighted by Gasteiger charge is 2.34. The van der Waals surface area contributed by atoms with E-state index in [9.17, 15) is 0 Å². The van der Waals surface area contributed by atoms with E-state index in [0.717, 1.165) is 24.9 Å². The molecule has 0 saturated heterocycles. The first kappa shape index (κ1) is 17.0. The van der Waals surface area contributed by atoms with Crippen LogP contribution in [0.3, 0.4) is 0 Å². The number of hydrogen-bond donors (Lipinski definition) is 1. The Morgan fingerprint density at radius 1 is 1.38 bits per heavy atom. The van der Waals surface area contributed by atoms with Crippen LogP contribution in [0, 0.1) is 11.8 Å². The Labute approximate surface area is 138 Å². The maximum Gasteiger partial charge on any atom is 0.0635 e. The van der Waals surface area contributed by atoms with Gasteiger partial charge in [-0.05, 0) is 54.1 Å². The van der Waals surface area contributed by atoms with Gasteiger partial charge in [0.05, 0.1) is 16.4 Å². The van der Waals surface area contributed by atoms with E-state index >= 15 is 0 Å². The molecule has 1 aliphatic carbocycles. The molecule has 1 heterocycles. The average molecular weight is 356 g/mol. The third-order valence-corrected chi connectivity index (χ3v) is 5.56. The second kappa shape index (κ2) is 7.77. The molecule has 3 nitrogen and oxygen atoms in total. The molecule has 1 aliphatic rings. The monoisotopic (exact) mass is 355 g/mol. The summed E-state index contributed by atoms with van der Waals surface area (Å²) < 4.78 is 3.38. The van der Waals surface area contributed by atoms with Crippen molar-refractivity contribution in [2.45, 2.75) is 71.9 Å². The fourth-order valence-electron chi connectivity index (χ4n) is 3.65. The van der Waals surface area contributed by atoms with Crippen molar-refractivity contribution in [3.63, 3.8) is 0 Å². The Balaban J connectivity index is 2.21. The zero-order valence-corrected chi connectivity index (χ0v) is 15.5. The van der Waals surface area contributed by atoms with Crippen molar-refractivity contribution in [1.82, 2.24) is 15.1 Å². The predicted octanol–water partition coefficient (Wildman–Crippen LogP) is 4.57. The highest BCUT2D eigenvalue weighted by Crippen LogP contribution is 2.43. The Kier molecular flexibility index (Phi) is 6.30. The molecule has 0 amide bonds. The van der Waals surface area contributed by atoms with Crippen molar-refractivity contribution < 1.29 is 0 Å². The molecule has 0 radical (unpaired) electrons. The fraction of sp³-hybridized carbons (Fsp3) is 0.824. The Hall–Kier alpha value is -0.350. The Morgan fingerprint density at radius 3 is 2.76 bits per heavy atom. The van der Waals surface area contributed by atoms with Gasteiger partial charge in [0.2, 0.25) is 0 Å². The van der Waals surface area contributed by atoms with Gasteiger partial charge in [0, 0.05) is 18.5 Å². The molecule has 2 rings (SSSR count). The molecular weight excluding hydrogens is 326 g/mol. The summed E-state index contributed by atoms with van der Waals surface area (Å²) in [5.74, 6) is 2.23. The Bertz CT molecular complexity index is 441. The summed E-state index contributed by atoms with van der Waals surface area (Å²) in [6.07, 6.45) is 7.31. The number of aryl methyl sites for hydroxylation is 1. The topological polar surface area (TPSA) is 29.9 Å². The number of aromatic nitrogens is 2. The lowest BCUT2D eigenvalue weighted by molar-refractivity contribution is 0.214. The molecular formula is C17H30BrN3. The predicted molar refractivity (Wildman–Crippen MR) is 92.6 cm³/mol. The zero-order valence-electron chi connectivity index (χ0n) is 13.9. The second-order valence-electron chi connectivity index (χ2n) is 6.71. The molecule has 1 aromatic rings. The zero-order chi connectivity index (χ0) is 15.4. The van der Waals surface area contributed by atoms with Crippen LogP contribution in [0.2, 0.25) is 0 Å². The van der Waals surface area contributed by atoms with Gasteiger partial charge in [-0.2, -0.15) is 5.10 Å². The highest BCUT2D eigenvalue weighted by atomic mass is 79.9. The maximum absolute atomic E-state index is 4.54. The van der Waals surface area contributed by atoms with Gasteiger partial charge in [0.1, 0.15) is 0 Å². The van der Waals surface area contributed by atoms with Gasteiger partial charge in [0.15, 0.2) is 0 Å². The van der Waals surface area contributed by atoms with E-state index in [2.05, 4.69) is 58.7 Å². The van der Waals surface area contributed by atoms with Crippen LogP contribution < -0.4 is 5.32 Å². The third kappa shape index (κ3) is 4.10. The van der Waals surface area contributed by atoms with Gasteiger partial charge < -0.3 is 5.32 Å². The minimum absolute atomic E-state index is 0.564. The fourth-order valence-corrected chi connectivity index (χ4v) is 4.24. The number of nitrogens with one attached hydrogen (secondary N) is 1. The van der Waals surface area contributed by atoms with Crippen molar-refractivity contribution in [2.24, 2.45) is 11.8 Å². The van der Waals surface area contributed by atoms with Crippen LogP contribution in [0.1, 0.15) is 65.0 Å². The minimum atomic E-state index is 0.564. The van der Waals surface area contributed by atoms with Crippen LogP contribution >= 0.6 is 15.9 Å². The van der Waals surface area contributed by atoms with Gasteiger partial charge in [-0.15, -0.1) is 0 Å². The lowest BCUT2D eigenvalue weighted by atomic mass is 9.71. The third-order valence-electron chi connectivity index (χ3n) is 4.95. The molecule has 0 aliphatic heterocycles. The van der Waals surface area contributed by atoms with E-state index in [1.165, 1.54) is 35.8 Å². The lowest BCUT2D eigenvalue weighted by Crippen LogP contribution is -2.35. The summed E-state index contributed by atoms with van der Waals surface area (Å²) in [7, 11) is 0. The van der Waals surface area contributed by atoms with E-state index in [1.54, 1.807) is 0 Å². The largest absolute Gasteiger partial charge is 0.314 e. The molecule has 4 heteroatoms. The van der Waals surface area contributed by atoms with Crippen LogP contribution in [0.25, 0.3) is 0 Å². The van der Waals surface area contributed by atoms with Gasteiger partial charge in [-0.3, -0.25) is 4.68 Å². The molecule has 21 heavy (non-hydrogen) atoms. The van der Waals surface area contributed by atoms with Gasteiger partial charge >= 0.3 is 0 Å². The van der Waals surface area contributed by atoms with Crippen molar-refractivity contribution in [2.75, 3.05) is 6.54 Å². The molecule has 120 valence electrons. The quantitative estimate of drug-likeness (QED) is 0.809. The maximum atomic E-state index is 4.54. The first-order chi connectivity index (χ1) is 10.1. The number of hydrogen-bond acceptors (Lipinski definition) is 2. The summed E-state index contributed by atoms with van der Waals surface area (Å²) in [5.41, 5.74) is 1.42. The first-order valence-corrected chi connectivity index (χ1v) is 9.30. The molecule has 1 aromatic heterocycles. The molecule has 3 atom stereocenters. The van der Waals surface area contributed by atoms with Crippen LogP contribution in [0.15, 0.2) is 10.7 Å². The second-order valence-corrected chi connectivity index (χ2v) is 7.56. The average Bonchev–Trinajstić information content (AvgIpc) is 2.85. The molecule has 0 spiro atoms. The van der Waals surface area contributed by atoms with Crippen molar-refractivity contribution in [3.05, 3.63) is 16.4 Å². The summed E-state index contributed by atoms with van der Waals surface area (Å²) in [5, 5.41) is 8.19. The van der Waals surface area contributed by atoms with Gasteiger partial charge in [0.25, 0.3) is 0 Å². The van der Waals surface area contributed by atoms with Gasteiger partial charge in [-0.1, -0.05) is 33.6 Å². The van der Waals surface area contributed by atoms with Crippen molar-refractivity contribution in [3.8, 4) is 0 Å². The van der Waals surface area contributed by atoms with Crippen LogP contribution in [-0.4, -0.2) is 22.4 Å². The highest BCUT2D eigenvalue weighted by molar-refractivity contribution is 9.10. The molecule has 0 bridgehead atoms. The number of halogens is 1. The number of nitrogens with zero attached hydrogens (tertiary/aromatic N) is 2. The normalized spacial score (nSPS) is 26.5. The summed E-state index contributed by atoms with van der Waals surface area (Å²) in [4.78, 5) is 0. The first-order valence-electron chi connectivity index (χ1n) is 8.51. The lowest BCUT2D eigenvalue weighted by Gasteiger charge is -2.37. The molecule has 1 N–H and O–H groups in total. The summed E-state index contributed by atoms with van der Waals surface area (Å²) in [6.45, 7) is 11.1. The van der Waals surface area contributed by atoms with E-state index in [1.807, 2.05) is 6.20 Å². The molecule has 1 saturated carbocycles. The van der Waals surface area contributed by atoms with Gasteiger partial charge in [-0.25, -0.2) is 0 Å². The standard InChI is InChI=1S/C17H30BrN3/c1-5-13-7-8-14(10-19-12(3)4)15(9-13)17-16(18)11-20-21(17)6-2/h11-15,19H,5-10H2,1-4H3. The van der Waals surface area contributed by atoms with Crippen LogP contribution in [0.4, 0.5) is 0 Å². The van der Waals surface area contributed by atoms with Crippen LogP contribution in [0.5, 0.6) is 0 Å². The molecule has 3 unspecified atom stereocenters. The summed E-state index contributed by atoms with van der Waals surface area (Å²) >= 11 is 3.74. The minimum Gasteiger partial charge on any atom is -0.314 e. The van der Waals surface area contributed by atoms with E-state index < -0.39 is 0 Å². The van der Waals surface area contributed by atoms with E-state index in [-0.39, 0.29) is 0 Å². The Morgan fingerprint density at radius 2 is 2.14 bits per heavy atom. The molecule has 1 fully saturated rings. The van der Waals surface area contributed by atoms with Crippen molar-refractivity contribution in [1.29, 1.82) is 0 Å². The van der Waals surface area contributed by atoms with Crippen LogP contribution in [-0.2, 0) is 6.54 Å². The smallest absolute Gasteiger partial charge is 0.0635 e. The summed E-state index contributed by atoms with van der Waals surface area (Å²) in [6, 6.07) is 0.564. The molecule has 0 aromatic carbocycles.